The van der Waals surface area contributed by atoms with E-state index in [1.807, 2.05) is 42.5 Å². The Bertz CT molecular complexity index is 965. The second-order valence-electron chi connectivity index (χ2n) is 7.19. The molecule has 140 valence electrons. The molecule has 1 fully saturated rings. The standard InChI is InChI=1S/C22H25N3O2/c1-16-6-4-13-25(16)14-5-15-27-18-11-9-17(10-12-18)21-23-20-8-3-2-7-19(20)22(26)24-21/h2-3,7-12,16H,4-6,13-15H2,1H3,(H,23,24,26)/t16-/m1/s1. The van der Waals surface area contributed by atoms with Crippen molar-refractivity contribution in [1.29, 1.82) is 0 Å². The molecule has 3 aromatic rings. The van der Waals surface area contributed by atoms with Gasteiger partial charge in [0.1, 0.15) is 11.6 Å². The summed E-state index contributed by atoms with van der Waals surface area (Å²) in [5.41, 5.74) is 1.45. The first-order chi connectivity index (χ1) is 13.2. The zero-order valence-electron chi connectivity index (χ0n) is 15.6. The SMILES string of the molecule is C[C@@H]1CCCN1CCCOc1ccc(-c2nc3ccccc3c(=O)[nH]2)cc1. The highest BCUT2D eigenvalue weighted by atomic mass is 16.5. The van der Waals surface area contributed by atoms with Crippen LogP contribution in [0.1, 0.15) is 26.2 Å². The molecule has 1 atom stereocenters. The highest BCUT2D eigenvalue weighted by Gasteiger charge is 2.19. The van der Waals surface area contributed by atoms with Crippen LogP contribution in [0, 0.1) is 0 Å². The molecule has 0 saturated carbocycles. The van der Waals surface area contributed by atoms with Gasteiger partial charge in [0.15, 0.2) is 0 Å². The number of rotatable bonds is 6. The maximum absolute atomic E-state index is 12.2. The maximum atomic E-state index is 12.2. The van der Waals surface area contributed by atoms with Gasteiger partial charge in [-0.15, -0.1) is 0 Å². The smallest absolute Gasteiger partial charge is 0.259 e. The average Bonchev–Trinajstić information content (AvgIpc) is 3.10. The van der Waals surface area contributed by atoms with Crippen molar-refractivity contribution in [3.8, 4) is 17.1 Å². The molecule has 2 aromatic carbocycles. The third kappa shape index (κ3) is 4.03. The van der Waals surface area contributed by atoms with Crippen molar-refractivity contribution in [2.75, 3.05) is 19.7 Å². The number of benzene rings is 2. The summed E-state index contributed by atoms with van der Waals surface area (Å²) in [7, 11) is 0. The zero-order chi connectivity index (χ0) is 18.6. The average molecular weight is 363 g/mol. The molecule has 0 spiro atoms. The second kappa shape index (κ2) is 7.92. The number of hydrogen-bond acceptors (Lipinski definition) is 4. The molecule has 0 bridgehead atoms. The van der Waals surface area contributed by atoms with E-state index in [-0.39, 0.29) is 5.56 Å². The van der Waals surface area contributed by atoms with Gasteiger partial charge in [-0.05, 0) is 69.1 Å². The van der Waals surface area contributed by atoms with E-state index < -0.39 is 0 Å². The summed E-state index contributed by atoms with van der Waals surface area (Å²) in [4.78, 5) is 22.2. The van der Waals surface area contributed by atoms with E-state index in [1.54, 1.807) is 6.07 Å². The number of nitrogens with one attached hydrogen (secondary N) is 1. The number of fused-ring (bicyclic) bond motifs is 1. The molecule has 5 heteroatoms. The zero-order valence-corrected chi connectivity index (χ0v) is 15.6. The molecule has 1 N–H and O–H groups in total. The molecule has 2 heterocycles. The van der Waals surface area contributed by atoms with Gasteiger partial charge in [-0.1, -0.05) is 12.1 Å². The Labute approximate surface area is 159 Å². The highest BCUT2D eigenvalue weighted by molar-refractivity contribution is 5.79. The molecule has 1 aromatic heterocycles. The molecule has 1 aliphatic heterocycles. The molecule has 1 aliphatic rings. The van der Waals surface area contributed by atoms with Gasteiger partial charge in [0.2, 0.25) is 0 Å². The van der Waals surface area contributed by atoms with Crippen molar-refractivity contribution in [2.45, 2.75) is 32.2 Å². The lowest BCUT2D eigenvalue weighted by Gasteiger charge is -2.20. The van der Waals surface area contributed by atoms with Crippen LogP contribution in [0.4, 0.5) is 0 Å². The Morgan fingerprint density at radius 3 is 2.78 bits per heavy atom. The predicted octanol–water partition coefficient (Wildman–Crippen LogP) is 3.84. The molecule has 0 radical (unpaired) electrons. The van der Waals surface area contributed by atoms with Gasteiger partial charge in [-0.25, -0.2) is 4.98 Å². The molecular formula is C22H25N3O2. The summed E-state index contributed by atoms with van der Waals surface area (Å²) < 4.78 is 5.87. The summed E-state index contributed by atoms with van der Waals surface area (Å²) in [5, 5.41) is 0.605. The molecule has 5 nitrogen and oxygen atoms in total. The fourth-order valence-electron chi connectivity index (χ4n) is 3.71. The van der Waals surface area contributed by atoms with Crippen LogP contribution in [0.15, 0.2) is 53.3 Å². The van der Waals surface area contributed by atoms with Gasteiger partial charge < -0.3 is 14.6 Å². The van der Waals surface area contributed by atoms with Gasteiger partial charge in [0.25, 0.3) is 5.56 Å². The minimum Gasteiger partial charge on any atom is -0.494 e. The molecule has 1 saturated heterocycles. The summed E-state index contributed by atoms with van der Waals surface area (Å²) in [5.74, 6) is 1.42. The third-order valence-electron chi connectivity index (χ3n) is 5.29. The van der Waals surface area contributed by atoms with Crippen molar-refractivity contribution in [1.82, 2.24) is 14.9 Å². The van der Waals surface area contributed by atoms with Crippen LogP contribution in [0.25, 0.3) is 22.3 Å². The van der Waals surface area contributed by atoms with Crippen molar-refractivity contribution in [3.05, 3.63) is 58.9 Å². The number of aromatic amines is 1. The fourth-order valence-corrected chi connectivity index (χ4v) is 3.71. The van der Waals surface area contributed by atoms with E-state index in [9.17, 15) is 4.79 Å². The van der Waals surface area contributed by atoms with Crippen LogP contribution >= 0.6 is 0 Å². The highest BCUT2D eigenvalue weighted by Crippen LogP contribution is 2.21. The van der Waals surface area contributed by atoms with Gasteiger partial charge >= 0.3 is 0 Å². The first-order valence-electron chi connectivity index (χ1n) is 9.67. The van der Waals surface area contributed by atoms with E-state index in [0.29, 0.717) is 29.4 Å². The minimum atomic E-state index is -0.118. The van der Waals surface area contributed by atoms with Crippen LogP contribution in [0.5, 0.6) is 5.75 Å². The summed E-state index contributed by atoms with van der Waals surface area (Å²) >= 11 is 0. The van der Waals surface area contributed by atoms with E-state index >= 15 is 0 Å². The Morgan fingerprint density at radius 1 is 1.19 bits per heavy atom. The normalized spacial score (nSPS) is 17.4. The monoisotopic (exact) mass is 363 g/mol. The molecule has 0 amide bonds. The van der Waals surface area contributed by atoms with Crippen LogP contribution in [0.2, 0.25) is 0 Å². The van der Waals surface area contributed by atoms with Crippen LogP contribution in [-0.4, -0.2) is 40.6 Å². The Balaban J connectivity index is 1.38. The number of H-pyrrole nitrogens is 1. The number of nitrogens with zero attached hydrogens (tertiary/aromatic N) is 2. The number of hydrogen-bond donors (Lipinski definition) is 1. The van der Waals surface area contributed by atoms with Crippen molar-refractivity contribution >= 4 is 10.9 Å². The lowest BCUT2D eigenvalue weighted by Crippen LogP contribution is -2.28. The van der Waals surface area contributed by atoms with Gasteiger partial charge in [0, 0.05) is 18.2 Å². The van der Waals surface area contributed by atoms with Gasteiger partial charge in [-0.2, -0.15) is 0 Å². The largest absolute Gasteiger partial charge is 0.494 e. The molecular weight excluding hydrogens is 338 g/mol. The van der Waals surface area contributed by atoms with Crippen LogP contribution < -0.4 is 10.3 Å². The second-order valence-corrected chi connectivity index (χ2v) is 7.19. The van der Waals surface area contributed by atoms with E-state index in [4.69, 9.17) is 4.74 Å². The molecule has 4 rings (SSSR count). The lowest BCUT2D eigenvalue weighted by molar-refractivity contribution is 0.230. The first-order valence-corrected chi connectivity index (χ1v) is 9.67. The Hall–Kier alpha value is -2.66. The van der Waals surface area contributed by atoms with E-state index in [2.05, 4.69) is 21.8 Å². The van der Waals surface area contributed by atoms with Crippen molar-refractivity contribution in [2.24, 2.45) is 0 Å². The van der Waals surface area contributed by atoms with Gasteiger partial charge in [0.05, 0.1) is 17.5 Å². The maximum Gasteiger partial charge on any atom is 0.259 e. The van der Waals surface area contributed by atoms with Crippen molar-refractivity contribution < 1.29 is 4.74 Å². The van der Waals surface area contributed by atoms with Gasteiger partial charge in [-0.3, -0.25) is 4.79 Å². The topological polar surface area (TPSA) is 58.2 Å². The Morgan fingerprint density at radius 2 is 2.00 bits per heavy atom. The van der Waals surface area contributed by atoms with E-state index in [0.717, 1.165) is 24.3 Å². The molecule has 27 heavy (non-hydrogen) atoms. The lowest BCUT2D eigenvalue weighted by atomic mass is 10.2. The van der Waals surface area contributed by atoms with Crippen molar-refractivity contribution in [3.63, 3.8) is 0 Å². The number of ether oxygens (including phenoxy) is 1. The number of aromatic nitrogens is 2. The quantitative estimate of drug-likeness (QED) is 0.676. The fraction of sp³-hybridized carbons (Fsp3) is 0.364. The Kier molecular flexibility index (Phi) is 5.21. The summed E-state index contributed by atoms with van der Waals surface area (Å²) in [6.07, 6.45) is 3.66. The summed E-state index contributed by atoms with van der Waals surface area (Å²) in [6.45, 7) is 5.33. The number of likely N-dealkylation sites (tertiary alicyclic amines) is 1. The van der Waals surface area contributed by atoms with E-state index in [1.165, 1.54) is 19.4 Å². The molecule has 0 aliphatic carbocycles. The minimum absolute atomic E-state index is 0.118. The first kappa shape index (κ1) is 17.7. The molecule has 0 unspecified atom stereocenters. The third-order valence-corrected chi connectivity index (χ3v) is 5.29. The van der Waals surface area contributed by atoms with Crippen LogP contribution in [-0.2, 0) is 0 Å². The van der Waals surface area contributed by atoms with Crippen LogP contribution in [0.3, 0.4) is 0 Å². The summed E-state index contributed by atoms with van der Waals surface area (Å²) in [6, 6.07) is 15.8. The predicted molar refractivity (Wildman–Crippen MR) is 108 cm³/mol. The number of para-hydroxylation sites is 1.